The average Bonchev–Trinajstić information content (AvgIpc) is 2.05. The Morgan fingerprint density at radius 1 is 1.36 bits per heavy atom. The highest BCUT2D eigenvalue weighted by atomic mass is 127. The van der Waals surface area contributed by atoms with Gasteiger partial charge in [0.15, 0.2) is 0 Å². The lowest BCUT2D eigenvalue weighted by Gasteiger charge is -1.95. The molecule has 0 radical (unpaired) electrons. The minimum absolute atomic E-state index is 0.244. The SMILES string of the molecule is Fc1ccc(C(Cl)=CI)cc1. The van der Waals surface area contributed by atoms with Gasteiger partial charge < -0.3 is 0 Å². The van der Waals surface area contributed by atoms with E-state index in [2.05, 4.69) is 0 Å². The maximum absolute atomic E-state index is 12.4. The molecule has 0 fully saturated rings. The summed E-state index contributed by atoms with van der Waals surface area (Å²) in [4.78, 5) is 0. The zero-order valence-electron chi connectivity index (χ0n) is 5.52. The molecule has 0 nitrogen and oxygen atoms in total. The largest absolute Gasteiger partial charge is 0.207 e. The summed E-state index contributed by atoms with van der Waals surface area (Å²) in [5, 5.41) is 0.630. The first-order valence-corrected chi connectivity index (χ1v) is 4.58. The molecule has 0 aromatic heterocycles. The van der Waals surface area contributed by atoms with Crippen LogP contribution in [0.2, 0.25) is 0 Å². The van der Waals surface area contributed by atoms with Crippen molar-refractivity contribution in [2.45, 2.75) is 0 Å². The van der Waals surface area contributed by atoms with Crippen LogP contribution in [0.1, 0.15) is 5.56 Å². The molecule has 3 heteroatoms. The summed E-state index contributed by atoms with van der Waals surface area (Å²) in [6.07, 6.45) is 0. The van der Waals surface area contributed by atoms with Crippen molar-refractivity contribution in [2.24, 2.45) is 0 Å². The Kier molecular flexibility index (Phi) is 3.33. The van der Waals surface area contributed by atoms with Gasteiger partial charge in [-0.3, -0.25) is 0 Å². The molecular weight excluding hydrogens is 277 g/mol. The molecule has 0 spiro atoms. The third kappa shape index (κ3) is 2.45. The summed E-state index contributed by atoms with van der Waals surface area (Å²) in [7, 11) is 0. The molecule has 0 aliphatic heterocycles. The van der Waals surface area contributed by atoms with Crippen molar-refractivity contribution < 1.29 is 4.39 Å². The molecule has 0 heterocycles. The second-order valence-electron chi connectivity index (χ2n) is 1.96. The van der Waals surface area contributed by atoms with E-state index in [1.807, 2.05) is 22.6 Å². The van der Waals surface area contributed by atoms with Crippen LogP contribution in [0.15, 0.2) is 28.3 Å². The Hall–Kier alpha value is -0.0900. The van der Waals surface area contributed by atoms with Gasteiger partial charge in [-0.1, -0.05) is 46.3 Å². The van der Waals surface area contributed by atoms with Gasteiger partial charge in [0.05, 0.1) is 5.03 Å². The van der Waals surface area contributed by atoms with E-state index in [4.69, 9.17) is 11.6 Å². The fraction of sp³-hybridized carbons (Fsp3) is 0. The fourth-order valence-corrected chi connectivity index (χ4v) is 1.16. The Morgan fingerprint density at radius 3 is 2.36 bits per heavy atom. The minimum atomic E-state index is -0.244. The van der Waals surface area contributed by atoms with E-state index in [1.54, 1.807) is 16.2 Å². The van der Waals surface area contributed by atoms with Crippen molar-refractivity contribution >= 4 is 39.2 Å². The maximum atomic E-state index is 12.4. The molecule has 1 aromatic rings. The summed E-state index contributed by atoms with van der Waals surface area (Å²) in [6.45, 7) is 0. The highest BCUT2D eigenvalue weighted by molar-refractivity contribution is 14.1. The van der Waals surface area contributed by atoms with Crippen LogP contribution >= 0.6 is 34.2 Å². The molecule has 0 unspecified atom stereocenters. The smallest absolute Gasteiger partial charge is 0.123 e. The number of hydrogen-bond acceptors (Lipinski definition) is 0. The van der Waals surface area contributed by atoms with Crippen molar-refractivity contribution in [3.05, 3.63) is 39.7 Å². The van der Waals surface area contributed by atoms with Crippen molar-refractivity contribution in [1.29, 1.82) is 0 Å². The van der Waals surface area contributed by atoms with Gasteiger partial charge in [0, 0.05) is 0 Å². The van der Waals surface area contributed by atoms with Gasteiger partial charge >= 0.3 is 0 Å². The highest BCUT2D eigenvalue weighted by Crippen LogP contribution is 2.20. The van der Waals surface area contributed by atoms with Crippen LogP contribution in [0.3, 0.4) is 0 Å². The van der Waals surface area contributed by atoms with Gasteiger partial charge in [-0.15, -0.1) is 0 Å². The Bertz CT molecular complexity index is 266. The predicted molar refractivity (Wildman–Crippen MR) is 54.3 cm³/mol. The topological polar surface area (TPSA) is 0 Å². The minimum Gasteiger partial charge on any atom is -0.207 e. The second-order valence-corrected chi connectivity index (χ2v) is 2.99. The van der Waals surface area contributed by atoms with Crippen LogP contribution in [0.5, 0.6) is 0 Å². The monoisotopic (exact) mass is 282 g/mol. The quantitative estimate of drug-likeness (QED) is 0.687. The first-order chi connectivity index (χ1) is 5.24. The van der Waals surface area contributed by atoms with Gasteiger partial charge in [0.25, 0.3) is 0 Å². The summed E-state index contributed by atoms with van der Waals surface area (Å²) < 4.78 is 14.1. The molecule has 0 N–H and O–H groups in total. The van der Waals surface area contributed by atoms with Crippen LogP contribution in [0.4, 0.5) is 4.39 Å². The molecule has 0 bridgehead atoms. The molecule has 0 aliphatic rings. The predicted octanol–water partition coefficient (Wildman–Crippen LogP) is 3.80. The Morgan fingerprint density at radius 2 is 1.91 bits per heavy atom. The lowest BCUT2D eigenvalue weighted by Crippen LogP contribution is -1.76. The molecule has 1 rings (SSSR count). The van der Waals surface area contributed by atoms with Gasteiger partial charge in [0.1, 0.15) is 5.82 Å². The highest BCUT2D eigenvalue weighted by Gasteiger charge is 1.95. The number of rotatable bonds is 1. The van der Waals surface area contributed by atoms with E-state index in [0.717, 1.165) is 5.56 Å². The molecule has 11 heavy (non-hydrogen) atoms. The Labute approximate surface area is 83.2 Å². The lowest BCUT2D eigenvalue weighted by atomic mass is 10.2. The third-order valence-corrected chi connectivity index (χ3v) is 2.53. The average molecular weight is 282 g/mol. The molecule has 0 saturated carbocycles. The van der Waals surface area contributed by atoms with Crippen LogP contribution in [0, 0.1) is 5.82 Å². The molecule has 1 aromatic carbocycles. The van der Waals surface area contributed by atoms with Gasteiger partial charge in [-0.2, -0.15) is 0 Å². The molecule has 0 amide bonds. The van der Waals surface area contributed by atoms with E-state index in [9.17, 15) is 4.39 Å². The van der Waals surface area contributed by atoms with Gasteiger partial charge in [-0.05, 0) is 21.8 Å². The lowest BCUT2D eigenvalue weighted by molar-refractivity contribution is 0.628. The molecule has 0 aliphatic carbocycles. The van der Waals surface area contributed by atoms with Crippen LogP contribution < -0.4 is 0 Å². The third-order valence-electron chi connectivity index (χ3n) is 1.22. The summed E-state index contributed by atoms with van der Waals surface area (Å²) in [5.41, 5.74) is 0.836. The van der Waals surface area contributed by atoms with Gasteiger partial charge in [-0.25, -0.2) is 4.39 Å². The van der Waals surface area contributed by atoms with E-state index in [1.165, 1.54) is 12.1 Å². The first-order valence-electron chi connectivity index (χ1n) is 2.96. The first kappa shape index (κ1) is 9.00. The van der Waals surface area contributed by atoms with E-state index >= 15 is 0 Å². The van der Waals surface area contributed by atoms with E-state index in [0.29, 0.717) is 5.03 Å². The number of halogens is 3. The molecule has 58 valence electrons. The van der Waals surface area contributed by atoms with Crippen LogP contribution in [0.25, 0.3) is 5.03 Å². The summed E-state index contributed by atoms with van der Waals surface area (Å²) >= 11 is 7.81. The van der Waals surface area contributed by atoms with E-state index in [-0.39, 0.29) is 5.82 Å². The van der Waals surface area contributed by atoms with Crippen molar-refractivity contribution in [3.8, 4) is 0 Å². The van der Waals surface area contributed by atoms with Gasteiger partial charge in [0.2, 0.25) is 0 Å². The summed E-state index contributed by atoms with van der Waals surface area (Å²) in [6, 6.07) is 6.06. The summed E-state index contributed by atoms with van der Waals surface area (Å²) in [5.74, 6) is -0.244. The van der Waals surface area contributed by atoms with Crippen molar-refractivity contribution in [1.82, 2.24) is 0 Å². The number of benzene rings is 1. The second kappa shape index (κ2) is 4.07. The number of hydrogen-bond donors (Lipinski definition) is 0. The van der Waals surface area contributed by atoms with Crippen molar-refractivity contribution in [2.75, 3.05) is 0 Å². The standard InChI is InChI=1S/C8H5ClFI/c9-8(5-11)6-1-3-7(10)4-2-6/h1-5H. The molecule has 0 saturated heterocycles. The molecular formula is C8H5ClFI. The zero-order chi connectivity index (χ0) is 8.27. The molecule has 0 atom stereocenters. The van der Waals surface area contributed by atoms with Crippen LogP contribution in [-0.4, -0.2) is 0 Å². The normalized spacial score (nSPS) is 11.7. The maximum Gasteiger partial charge on any atom is 0.123 e. The van der Waals surface area contributed by atoms with Crippen molar-refractivity contribution in [3.63, 3.8) is 0 Å². The van der Waals surface area contributed by atoms with E-state index < -0.39 is 0 Å². The zero-order valence-corrected chi connectivity index (χ0v) is 8.43. The van der Waals surface area contributed by atoms with Crippen LogP contribution in [-0.2, 0) is 0 Å². The Balaban J connectivity index is 2.99. The fourth-order valence-electron chi connectivity index (χ4n) is 0.672.